The van der Waals surface area contributed by atoms with E-state index >= 15 is 0 Å². The first kappa shape index (κ1) is 13.2. The van der Waals surface area contributed by atoms with Gasteiger partial charge in [0, 0.05) is 12.6 Å². The van der Waals surface area contributed by atoms with E-state index in [9.17, 15) is 0 Å². The first-order chi connectivity index (χ1) is 8.63. The van der Waals surface area contributed by atoms with Crippen LogP contribution in [0.1, 0.15) is 26.7 Å². The standard InChI is InChI=1S/C15H23NO2/c1-12(2)10-16-11-15(7-8-15)18-14-6-4-5-13(9-14)17-3/h4-6,9,12,16H,7-8,10-11H2,1-3H3. The van der Waals surface area contributed by atoms with Crippen molar-refractivity contribution in [1.29, 1.82) is 0 Å². The highest BCUT2D eigenvalue weighted by atomic mass is 16.5. The van der Waals surface area contributed by atoms with Gasteiger partial charge in [0.25, 0.3) is 0 Å². The van der Waals surface area contributed by atoms with Crippen LogP contribution in [0.5, 0.6) is 11.5 Å². The number of benzene rings is 1. The summed E-state index contributed by atoms with van der Waals surface area (Å²) in [6.45, 7) is 6.41. The highest BCUT2D eigenvalue weighted by Crippen LogP contribution is 2.40. The fourth-order valence-corrected chi connectivity index (χ4v) is 1.96. The number of nitrogens with one attached hydrogen (secondary N) is 1. The lowest BCUT2D eigenvalue weighted by Gasteiger charge is -2.19. The van der Waals surface area contributed by atoms with Crippen LogP contribution < -0.4 is 14.8 Å². The van der Waals surface area contributed by atoms with E-state index in [2.05, 4.69) is 19.2 Å². The highest BCUT2D eigenvalue weighted by Gasteiger charge is 2.45. The minimum absolute atomic E-state index is 0.0151. The zero-order valence-electron chi connectivity index (χ0n) is 11.5. The molecule has 2 rings (SSSR count). The normalized spacial score (nSPS) is 16.7. The molecule has 0 saturated heterocycles. The Balaban J connectivity index is 1.87. The molecule has 1 N–H and O–H groups in total. The third-order valence-electron chi connectivity index (χ3n) is 3.18. The summed E-state index contributed by atoms with van der Waals surface area (Å²) in [6, 6.07) is 7.84. The van der Waals surface area contributed by atoms with Crippen LogP contribution in [0.4, 0.5) is 0 Å². The van der Waals surface area contributed by atoms with Gasteiger partial charge in [-0.25, -0.2) is 0 Å². The van der Waals surface area contributed by atoms with E-state index in [4.69, 9.17) is 9.47 Å². The van der Waals surface area contributed by atoms with E-state index in [0.29, 0.717) is 5.92 Å². The van der Waals surface area contributed by atoms with Crippen LogP contribution in [0.25, 0.3) is 0 Å². The topological polar surface area (TPSA) is 30.5 Å². The molecular formula is C15H23NO2. The Morgan fingerprint density at radius 1 is 1.28 bits per heavy atom. The lowest BCUT2D eigenvalue weighted by Crippen LogP contribution is -2.35. The van der Waals surface area contributed by atoms with Gasteiger partial charge in [0.2, 0.25) is 0 Å². The van der Waals surface area contributed by atoms with Crippen molar-refractivity contribution in [2.45, 2.75) is 32.3 Å². The smallest absolute Gasteiger partial charge is 0.123 e. The van der Waals surface area contributed by atoms with Crippen molar-refractivity contribution in [2.75, 3.05) is 20.2 Å². The molecule has 1 aromatic carbocycles. The summed E-state index contributed by atoms with van der Waals surface area (Å²) in [4.78, 5) is 0. The van der Waals surface area contributed by atoms with Gasteiger partial charge in [-0.1, -0.05) is 19.9 Å². The lowest BCUT2D eigenvalue weighted by atomic mass is 10.2. The number of hydrogen-bond donors (Lipinski definition) is 1. The molecule has 1 saturated carbocycles. The average Bonchev–Trinajstić information content (AvgIpc) is 3.09. The van der Waals surface area contributed by atoms with Crippen LogP contribution >= 0.6 is 0 Å². The summed E-state index contributed by atoms with van der Waals surface area (Å²) in [5.74, 6) is 2.43. The van der Waals surface area contributed by atoms with E-state index in [1.807, 2.05) is 24.3 Å². The first-order valence-corrected chi connectivity index (χ1v) is 6.67. The van der Waals surface area contributed by atoms with E-state index in [0.717, 1.165) is 37.4 Å². The minimum Gasteiger partial charge on any atom is -0.497 e. The van der Waals surface area contributed by atoms with Gasteiger partial charge in [-0.05, 0) is 37.4 Å². The van der Waals surface area contributed by atoms with Crippen LogP contribution in [0.3, 0.4) is 0 Å². The van der Waals surface area contributed by atoms with Crippen molar-refractivity contribution in [2.24, 2.45) is 5.92 Å². The van der Waals surface area contributed by atoms with Gasteiger partial charge in [-0.2, -0.15) is 0 Å². The van der Waals surface area contributed by atoms with Gasteiger partial charge < -0.3 is 14.8 Å². The van der Waals surface area contributed by atoms with Crippen molar-refractivity contribution in [3.63, 3.8) is 0 Å². The summed E-state index contributed by atoms with van der Waals surface area (Å²) in [5, 5.41) is 3.48. The highest BCUT2D eigenvalue weighted by molar-refractivity contribution is 5.33. The molecule has 1 aliphatic carbocycles. The third-order valence-corrected chi connectivity index (χ3v) is 3.18. The molecule has 0 unspecified atom stereocenters. The molecule has 1 aromatic rings. The first-order valence-electron chi connectivity index (χ1n) is 6.67. The molecule has 1 aliphatic rings. The van der Waals surface area contributed by atoms with Crippen LogP contribution in [-0.4, -0.2) is 25.8 Å². The molecule has 0 aliphatic heterocycles. The SMILES string of the molecule is COc1cccc(OC2(CNCC(C)C)CC2)c1. The maximum Gasteiger partial charge on any atom is 0.123 e. The van der Waals surface area contributed by atoms with Crippen molar-refractivity contribution in [3.8, 4) is 11.5 Å². The Kier molecular flexibility index (Phi) is 4.12. The fraction of sp³-hybridized carbons (Fsp3) is 0.600. The molecule has 0 radical (unpaired) electrons. The molecule has 0 heterocycles. The maximum absolute atomic E-state index is 6.09. The quantitative estimate of drug-likeness (QED) is 0.806. The molecular weight excluding hydrogens is 226 g/mol. The van der Waals surface area contributed by atoms with Crippen LogP contribution in [0, 0.1) is 5.92 Å². The summed E-state index contributed by atoms with van der Waals surface area (Å²) in [5.41, 5.74) is 0.0151. The van der Waals surface area contributed by atoms with Gasteiger partial charge >= 0.3 is 0 Å². The van der Waals surface area contributed by atoms with Gasteiger partial charge in [0.15, 0.2) is 0 Å². The minimum atomic E-state index is 0.0151. The van der Waals surface area contributed by atoms with E-state index < -0.39 is 0 Å². The van der Waals surface area contributed by atoms with E-state index in [1.54, 1.807) is 7.11 Å². The second-order valence-electron chi connectivity index (χ2n) is 5.49. The predicted molar refractivity (Wildman–Crippen MR) is 73.3 cm³/mol. The fourth-order valence-electron chi connectivity index (χ4n) is 1.96. The molecule has 3 nitrogen and oxygen atoms in total. The summed E-state index contributed by atoms with van der Waals surface area (Å²) < 4.78 is 11.3. The Hall–Kier alpha value is -1.22. The van der Waals surface area contributed by atoms with Crippen molar-refractivity contribution in [1.82, 2.24) is 5.32 Å². The molecule has 3 heteroatoms. The van der Waals surface area contributed by atoms with Gasteiger partial charge in [-0.3, -0.25) is 0 Å². The van der Waals surface area contributed by atoms with Crippen molar-refractivity contribution >= 4 is 0 Å². The van der Waals surface area contributed by atoms with Crippen molar-refractivity contribution < 1.29 is 9.47 Å². The van der Waals surface area contributed by atoms with Gasteiger partial charge in [0.1, 0.15) is 17.1 Å². The molecule has 0 bridgehead atoms. The number of methoxy groups -OCH3 is 1. The largest absolute Gasteiger partial charge is 0.497 e. The summed E-state index contributed by atoms with van der Waals surface area (Å²) >= 11 is 0. The Morgan fingerprint density at radius 2 is 2.00 bits per heavy atom. The van der Waals surface area contributed by atoms with E-state index in [1.165, 1.54) is 0 Å². The zero-order chi connectivity index (χ0) is 13.0. The Bertz CT molecular complexity index is 386. The van der Waals surface area contributed by atoms with Crippen molar-refractivity contribution in [3.05, 3.63) is 24.3 Å². The van der Waals surface area contributed by atoms with E-state index in [-0.39, 0.29) is 5.60 Å². The second-order valence-corrected chi connectivity index (χ2v) is 5.49. The van der Waals surface area contributed by atoms with Gasteiger partial charge in [-0.15, -0.1) is 0 Å². The van der Waals surface area contributed by atoms with Crippen LogP contribution in [-0.2, 0) is 0 Å². The van der Waals surface area contributed by atoms with Gasteiger partial charge in [0.05, 0.1) is 7.11 Å². The third kappa shape index (κ3) is 3.64. The Labute approximate surface area is 109 Å². The maximum atomic E-state index is 6.09. The summed E-state index contributed by atoms with van der Waals surface area (Å²) in [6.07, 6.45) is 2.27. The second kappa shape index (κ2) is 5.61. The average molecular weight is 249 g/mol. The Morgan fingerprint density at radius 3 is 2.61 bits per heavy atom. The number of ether oxygens (including phenoxy) is 2. The zero-order valence-corrected chi connectivity index (χ0v) is 11.5. The molecule has 0 spiro atoms. The molecule has 0 amide bonds. The molecule has 100 valence electrons. The molecule has 0 aromatic heterocycles. The lowest BCUT2D eigenvalue weighted by molar-refractivity contribution is 0.173. The number of hydrogen-bond acceptors (Lipinski definition) is 3. The monoisotopic (exact) mass is 249 g/mol. The molecule has 0 atom stereocenters. The number of rotatable bonds is 7. The molecule has 1 fully saturated rings. The van der Waals surface area contributed by atoms with Crippen LogP contribution in [0.2, 0.25) is 0 Å². The molecule has 18 heavy (non-hydrogen) atoms. The summed E-state index contributed by atoms with van der Waals surface area (Å²) in [7, 11) is 1.68. The van der Waals surface area contributed by atoms with Crippen LogP contribution in [0.15, 0.2) is 24.3 Å². The predicted octanol–water partition coefficient (Wildman–Crippen LogP) is 2.85.